The third kappa shape index (κ3) is 3.24. The fourth-order valence-electron chi connectivity index (χ4n) is 2.20. The number of benzene rings is 1. The normalized spacial score (nSPS) is 19.6. The molecule has 0 aromatic heterocycles. The van der Waals surface area contributed by atoms with Crippen molar-refractivity contribution in [2.24, 2.45) is 0 Å². The van der Waals surface area contributed by atoms with Gasteiger partial charge in [-0.15, -0.1) is 0 Å². The molecule has 1 amide bonds. The molecule has 1 aliphatic heterocycles. The highest BCUT2D eigenvalue weighted by molar-refractivity contribution is 5.94. The Morgan fingerprint density at radius 1 is 1.53 bits per heavy atom. The third-order valence-electron chi connectivity index (χ3n) is 3.24. The Hall–Kier alpha value is -1.59. The highest BCUT2D eigenvalue weighted by atomic mass is 16.5. The predicted molar refractivity (Wildman–Crippen MR) is 72.6 cm³/mol. The second-order valence-electron chi connectivity index (χ2n) is 4.47. The van der Waals surface area contributed by atoms with Crippen LogP contribution in [0.15, 0.2) is 18.2 Å². The molecule has 0 aliphatic carbocycles. The van der Waals surface area contributed by atoms with Crippen molar-refractivity contribution in [3.05, 3.63) is 29.3 Å². The van der Waals surface area contributed by atoms with Crippen molar-refractivity contribution in [1.29, 1.82) is 0 Å². The number of hydrogen-bond donors (Lipinski definition) is 2. The lowest BCUT2D eigenvalue weighted by molar-refractivity contribution is 0.0962. The van der Waals surface area contributed by atoms with Crippen LogP contribution in [0.25, 0.3) is 0 Å². The van der Waals surface area contributed by atoms with Gasteiger partial charge >= 0.3 is 0 Å². The molecule has 104 valence electrons. The molecule has 5 heteroatoms. The maximum Gasteiger partial charge on any atom is 0.251 e. The lowest BCUT2D eigenvalue weighted by Crippen LogP contribution is -2.25. The summed E-state index contributed by atoms with van der Waals surface area (Å²) in [5.41, 5.74) is 1.59. The van der Waals surface area contributed by atoms with Crippen LogP contribution in [0.2, 0.25) is 0 Å². The van der Waals surface area contributed by atoms with E-state index in [1.54, 1.807) is 20.2 Å². The molecule has 1 unspecified atom stereocenters. The van der Waals surface area contributed by atoms with Crippen LogP contribution in [0, 0.1) is 0 Å². The molecule has 2 N–H and O–H groups in total. The van der Waals surface area contributed by atoms with Gasteiger partial charge in [-0.25, -0.2) is 0 Å². The standard InChI is InChI=1S/C14H20N2O3/c1-15-14(17)10-4-5-13(18-2)11(8-10)12-9-19-7-3-6-16-12/h4-5,8,12,16H,3,6-7,9H2,1-2H3,(H,15,17). The van der Waals surface area contributed by atoms with Gasteiger partial charge in [0.15, 0.2) is 0 Å². The summed E-state index contributed by atoms with van der Waals surface area (Å²) < 4.78 is 10.9. The number of methoxy groups -OCH3 is 1. The molecule has 0 saturated carbocycles. The van der Waals surface area contributed by atoms with Gasteiger partial charge in [0.05, 0.1) is 19.8 Å². The van der Waals surface area contributed by atoms with Crippen molar-refractivity contribution in [2.75, 3.05) is 33.9 Å². The zero-order valence-electron chi connectivity index (χ0n) is 11.4. The van der Waals surface area contributed by atoms with E-state index >= 15 is 0 Å². The summed E-state index contributed by atoms with van der Waals surface area (Å²) in [5, 5.41) is 6.05. The Labute approximate surface area is 113 Å². The van der Waals surface area contributed by atoms with Gasteiger partial charge in [-0.3, -0.25) is 4.79 Å². The van der Waals surface area contributed by atoms with Crippen molar-refractivity contribution in [2.45, 2.75) is 12.5 Å². The summed E-state index contributed by atoms with van der Waals surface area (Å²) in [6.45, 7) is 2.26. The first-order valence-corrected chi connectivity index (χ1v) is 6.47. The molecular formula is C14H20N2O3. The molecule has 1 heterocycles. The molecule has 0 spiro atoms. The Bertz CT molecular complexity index is 440. The third-order valence-corrected chi connectivity index (χ3v) is 3.24. The minimum atomic E-state index is -0.0987. The smallest absolute Gasteiger partial charge is 0.251 e. The highest BCUT2D eigenvalue weighted by Crippen LogP contribution is 2.27. The topological polar surface area (TPSA) is 59.6 Å². The van der Waals surface area contributed by atoms with Crippen LogP contribution >= 0.6 is 0 Å². The molecule has 5 nitrogen and oxygen atoms in total. The van der Waals surface area contributed by atoms with E-state index in [-0.39, 0.29) is 11.9 Å². The lowest BCUT2D eigenvalue weighted by Gasteiger charge is -2.19. The van der Waals surface area contributed by atoms with Gasteiger partial charge in [0.2, 0.25) is 0 Å². The maximum atomic E-state index is 11.7. The van der Waals surface area contributed by atoms with Crippen LogP contribution in [-0.2, 0) is 4.74 Å². The molecule has 1 atom stereocenters. The monoisotopic (exact) mass is 264 g/mol. The van der Waals surface area contributed by atoms with E-state index < -0.39 is 0 Å². The number of amides is 1. The molecule has 1 aliphatic rings. The SMILES string of the molecule is CNC(=O)c1ccc(OC)c(C2COCCCN2)c1. The Morgan fingerprint density at radius 3 is 3.11 bits per heavy atom. The first kappa shape index (κ1) is 13.8. The Kier molecular flexibility index (Phi) is 4.76. The van der Waals surface area contributed by atoms with Gasteiger partial charge in [-0.05, 0) is 31.2 Å². The van der Waals surface area contributed by atoms with E-state index in [0.29, 0.717) is 12.2 Å². The van der Waals surface area contributed by atoms with Crippen molar-refractivity contribution in [3.8, 4) is 5.75 Å². The molecule has 2 rings (SSSR count). The van der Waals surface area contributed by atoms with E-state index in [0.717, 1.165) is 30.9 Å². The van der Waals surface area contributed by atoms with Gasteiger partial charge in [0.1, 0.15) is 5.75 Å². The first-order chi connectivity index (χ1) is 9.26. The number of rotatable bonds is 3. The number of nitrogens with one attached hydrogen (secondary N) is 2. The molecule has 1 aromatic carbocycles. The minimum Gasteiger partial charge on any atom is -0.496 e. The van der Waals surface area contributed by atoms with E-state index in [1.807, 2.05) is 12.1 Å². The highest BCUT2D eigenvalue weighted by Gasteiger charge is 2.19. The van der Waals surface area contributed by atoms with Crippen LogP contribution in [0.3, 0.4) is 0 Å². The van der Waals surface area contributed by atoms with E-state index in [4.69, 9.17) is 9.47 Å². The Morgan fingerprint density at radius 2 is 2.37 bits per heavy atom. The summed E-state index contributed by atoms with van der Waals surface area (Å²) in [4.78, 5) is 11.7. The van der Waals surface area contributed by atoms with Gasteiger partial charge < -0.3 is 20.1 Å². The summed E-state index contributed by atoms with van der Waals surface area (Å²) in [7, 11) is 3.26. The summed E-state index contributed by atoms with van der Waals surface area (Å²) in [5.74, 6) is 0.675. The molecule has 19 heavy (non-hydrogen) atoms. The lowest BCUT2D eigenvalue weighted by atomic mass is 10.0. The van der Waals surface area contributed by atoms with Crippen LogP contribution in [0.1, 0.15) is 28.4 Å². The number of ether oxygens (including phenoxy) is 2. The average Bonchev–Trinajstić information content (AvgIpc) is 2.74. The predicted octanol–water partition coefficient (Wildman–Crippen LogP) is 1.11. The van der Waals surface area contributed by atoms with E-state index in [2.05, 4.69) is 10.6 Å². The second kappa shape index (κ2) is 6.54. The zero-order valence-corrected chi connectivity index (χ0v) is 11.4. The summed E-state index contributed by atoms with van der Waals surface area (Å²) in [6, 6.07) is 5.51. The summed E-state index contributed by atoms with van der Waals surface area (Å²) in [6.07, 6.45) is 0.994. The van der Waals surface area contributed by atoms with Crippen molar-refractivity contribution in [1.82, 2.24) is 10.6 Å². The molecule has 0 bridgehead atoms. The van der Waals surface area contributed by atoms with Gasteiger partial charge in [-0.1, -0.05) is 0 Å². The van der Waals surface area contributed by atoms with Crippen molar-refractivity contribution >= 4 is 5.91 Å². The van der Waals surface area contributed by atoms with Crippen LogP contribution in [0.5, 0.6) is 5.75 Å². The van der Waals surface area contributed by atoms with Crippen molar-refractivity contribution in [3.63, 3.8) is 0 Å². The van der Waals surface area contributed by atoms with Gasteiger partial charge in [-0.2, -0.15) is 0 Å². The first-order valence-electron chi connectivity index (χ1n) is 6.47. The van der Waals surface area contributed by atoms with E-state index in [9.17, 15) is 4.79 Å². The number of carbonyl (C=O) groups is 1. The van der Waals surface area contributed by atoms with Gasteiger partial charge in [0.25, 0.3) is 5.91 Å². The zero-order chi connectivity index (χ0) is 13.7. The van der Waals surface area contributed by atoms with Crippen LogP contribution in [-0.4, -0.2) is 39.8 Å². The van der Waals surface area contributed by atoms with Gasteiger partial charge in [0, 0.05) is 24.8 Å². The molecule has 1 saturated heterocycles. The van der Waals surface area contributed by atoms with E-state index in [1.165, 1.54) is 0 Å². The fourth-order valence-corrected chi connectivity index (χ4v) is 2.20. The Balaban J connectivity index is 2.31. The second-order valence-corrected chi connectivity index (χ2v) is 4.47. The molecule has 1 aromatic rings. The summed E-state index contributed by atoms with van der Waals surface area (Å²) >= 11 is 0. The van der Waals surface area contributed by atoms with Crippen molar-refractivity contribution < 1.29 is 14.3 Å². The number of carbonyl (C=O) groups excluding carboxylic acids is 1. The molecule has 0 radical (unpaired) electrons. The maximum absolute atomic E-state index is 11.7. The van der Waals surface area contributed by atoms with Crippen LogP contribution < -0.4 is 15.4 Å². The van der Waals surface area contributed by atoms with Crippen LogP contribution in [0.4, 0.5) is 0 Å². The quantitative estimate of drug-likeness (QED) is 0.858. The molecular weight excluding hydrogens is 244 g/mol. The fraction of sp³-hybridized carbons (Fsp3) is 0.500. The molecule has 1 fully saturated rings. The average molecular weight is 264 g/mol. The largest absolute Gasteiger partial charge is 0.496 e. The number of hydrogen-bond acceptors (Lipinski definition) is 4. The minimum absolute atomic E-state index is 0.0575.